The van der Waals surface area contributed by atoms with Gasteiger partial charge >= 0.3 is 0 Å². The van der Waals surface area contributed by atoms with E-state index in [4.69, 9.17) is 10.4 Å². The van der Waals surface area contributed by atoms with Crippen LogP contribution in [0.5, 0.6) is 0 Å². The highest BCUT2D eigenvalue weighted by molar-refractivity contribution is 7.86. The van der Waals surface area contributed by atoms with E-state index in [2.05, 4.69) is 15.1 Å². The molecule has 0 spiro atoms. The SMILES string of the molecule is Cc1cc(C)[nH]c(=NN)n1.Cc1cc(C)c(S(=O)(=O)O)c(C)c1. The largest absolute Gasteiger partial charge is 0.327 e. The molecular formula is C15H22N4O3S. The van der Waals surface area contributed by atoms with E-state index < -0.39 is 10.1 Å². The minimum absolute atomic E-state index is 0.0260. The van der Waals surface area contributed by atoms with Gasteiger partial charge in [0, 0.05) is 11.4 Å². The molecule has 0 amide bonds. The molecule has 126 valence electrons. The zero-order valence-electron chi connectivity index (χ0n) is 13.9. The third-order valence-corrected chi connectivity index (χ3v) is 4.16. The molecule has 0 saturated carbocycles. The van der Waals surface area contributed by atoms with Gasteiger partial charge in [0.2, 0.25) is 5.62 Å². The van der Waals surface area contributed by atoms with Gasteiger partial charge in [-0.3, -0.25) is 4.55 Å². The van der Waals surface area contributed by atoms with E-state index in [9.17, 15) is 8.42 Å². The second kappa shape index (κ2) is 7.38. The number of nitrogens with zero attached hydrogens (tertiary/aromatic N) is 2. The Hall–Kier alpha value is -2.19. The fourth-order valence-electron chi connectivity index (χ4n) is 2.39. The van der Waals surface area contributed by atoms with Crippen molar-refractivity contribution in [1.82, 2.24) is 9.97 Å². The predicted molar refractivity (Wildman–Crippen MR) is 88.3 cm³/mol. The van der Waals surface area contributed by atoms with E-state index in [0.717, 1.165) is 17.0 Å². The first-order valence-electron chi connectivity index (χ1n) is 6.88. The Kier molecular flexibility index (Phi) is 6.05. The highest BCUT2D eigenvalue weighted by Crippen LogP contribution is 2.20. The lowest BCUT2D eigenvalue weighted by Gasteiger charge is -2.07. The Bertz CT molecular complexity index is 824. The molecule has 2 aromatic rings. The van der Waals surface area contributed by atoms with Gasteiger partial charge in [-0.15, -0.1) is 5.10 Å². The Morgan fingerprint density at radius 2 is 1.61 bits per heavy atom. The number of benzene rings is 1. The van der Waals surface area contributed by atoms with Crippen molar-refractivity contribution in [3.63, 3.8) is 0 Å². The van der Waals surface area contributed by atoms with Crippen LogP contribution in [0.2, 0.25) is 0 Å². The van der Waals surface area contributed by atoms with Crippen molar-refractivity contribution in [2.45, 2.75) is 39.5 Å². The summed E-state index contributed by atoms with van der Waals surface area (Å²) < 4.78 is 30.8. The molecule has 8 heteroatoms. The summed E-state index contributed by atoms with van der Waals surface area (Å²) >= 11 is 0. The second-order valence-corrected chi connectivity index (χ2v) is 6.72. The van der Waals surface area contributed by atoms with Crippen molar-refractivity contribution in [2.24, 2.45) is 10.9 Å². The summed E-state index contributed by atoms with van der Waals surface area (Å²) in [5.41, 5.74) is 4.55. The molecule has 4 N–H and O–H groups in total. The van der Waals surface area contributed by atoms with Crippen LogP contribution in [0.3, 0.4) is 0 Å². The smallest absolute Gasteiger partial charge is 0.295 e. The van der Waals surface area contributed by atoms with Crippen molar-refractivity contribution in [2.75, 3.05) is 0 Å². The van der Waals surface area contributed by atoms with Crippen LogP contribution in [0.1, 0.15) is 28.1 Å². The molecule has 23 heavy (non-hydrogen) atoms. The third-order valence-electron chi connectivity index (χ3n) is 3.00. The number of aromatic nitrogens is 2. The molecule has 0 aliphatic heterocycles. The summed E-state index contributed by atoms with van der Waals surface area (Å²) in [6, 6.07) is 5.39. The van der Waals surface area contributed by atoms with Gasteiger partial charge in [0.25, 0.3) is 10.1 Å². The van der Waals surface area contributed by atoms with Gasteiger partial charge in [0.05, 0.1) is 4.90 Å². The summed E-state index contributed by atoms with van der Waals surface area (Å²) in [6.07, 6.45) is 0. The Labute approximate surface area is 136 Å². The van der Waals surface area contributed by atoms with E-state index in [1.165, 1.54) is 0 Å². The maximum absolute atomic E-state index is 10.9. The number of nitrogens with one attached hydrogen (secondary N) is 1. The van der Waals surface area contributed by atoms with Crippen molar-refractivity contribution < 1.29 is 13.0 Å². The number of nitrogens with two attached hydrogens (primary N) is 1. The van der Waals surface area contributed by atoms with Crippen molar-refractivity contribution in [1.29, 1.82) is 0 Å². The van der Waals surface area contributed by atoms with Crippen LogP contribution in [0.15, 0.2) is 28.2 Å². The number of hydrogen-bond donors (Lipinski definition) is 3. The topological polar surface area (TPSA) is 121 Å². The number of aryl methyl sites for hydroxylation is 5. The van der Waals surface area contributed by atoms with E-state index in [-0.39, 0.29) is 4.90 Å². The minimum Gasteiger partial charge on any atom is -0.327 e. The van der Waals surface area contributed by atoms with Crippen LogP contribution in [0.25, 0.3) is 0 Å². The van der Waals surface area contributed by atoms with Gasteiger partial charge in [-0.25, -0.2) is 4.98 Å². The summed E-state index contributed by atoms with van der Waals surface area (Å²) in [5, 5.41) is 3.43. The summed E-state index contributed by atoms with van der Waals surface area (Å²) in [7, 11) is -4.08. The Balaban J connectivity index is 0.000000238. The lowest BCUT2D eigenvalue weighted by Crippen LogP contribution is -2.16. The first-order valence-corrected chi connectivity index (χ1v) is 8.32. The predicted octanol–water partition coefficient (Wildman–Crippen LogP) is 1.66. The summed E-state index contributed by atoms with van der Waals surface area (Å²) in [5.74, 6) is 5.02. The molecule has 0 fully saturated rings. The van der Waals surface area contributed by atoms with Crippen molar-refractivity contribution >= 4 is 10.1 Å². The van der Waals surface area contributed by atoms with Crippen molar-refractivity contribution in [3.8, 4) is 0 Å². The molecule has 0 saturated heterocycles. The van der Waals surface area contributed by atoms with Crippen LogP contribution in [-0.4, -0.2) is 22.9 Å². The standard InChI is InChI=1S/C9H12O3S.C6H10N4/c1-6-4-7(2)9(8(3)5-6)13(10,11)12;1-4-3-5(2)9-6(8-4)10-7/h4-5H,1-3H3,(H,10,11,12);3H,7H2,1-2H3,(H,8,9,10). The van der Waals surface area contributed by atoms with Gasteiger partial charge in [0.1, 0.15) is 0 Å². The van der Waals surface area contributed by atoms with E-state index >= 15 is 0 Å². The molecule has 0 bridgehead atoms. The van der Waals surface area contributed by atoms with Gasteiger partial charge < -0.3 is 10.8 Å². The second-order valence-electron chi connectivity index (χ2n) is 5.36. The highest BCUT2D eigenvalue weighted by Gasteiger charge is 2.15. The number of hydrogen-bond acceptors (Lipinski definition) is 5. The van der Waals surface area contributed by atoms with Gasteiger partial charge in [-0.2, -0.15) is 8.42 Å². The lowest BCUT2D eigenvalue weighted by atomic mass is 10.1. The molecule has 0 unspecified atom stereocenters. The molecular weight excluding hydrogens is 316 g/mol. The molecule has 0 radical (unpaired) electrons. The van der Waals surface area contributed by atoms with Gasteiger partial charge in [-0.1, -0.05) is 17.7 Å². The summed E-state index contributed by atoms with van der Waals surface area (Å²) in [6.45, 7) is 9.05. The molecule has 0 aliphatic rings. The number of H-pyrrole nitrogens is 1. The first kappa shape index (κ1) is 18.9. The number of rotatable bonds is 1. The normalized spacial score (nSPS) is 11.8. The third kappa shape index (κ3) is 5.50. The number of aromatic amines is 1. The van der Waals surface area contributed by atoms with E-state index in [1.807, 2.05) is 26.8 Å². The average molecular weight is 338 g/mol. The van der Waals surface area contributed by atoms with Crippen LogP contribution in [-0.2, 0) is 10.1 Å². The molecule has 0 atom stereocenters. The highest BCUT2D eigenvalue weighted by atomic mass is 32.2. The fourth-order valence-corrected chi connectivity index (χ4v) is 3.32. The molecule has 0 aliphatic carbocycles. The monoisotopic (exact) mass is 338 g/mol. The zero-order chi connectivity index (χ0) is 17.8. The van der Waals surface area contributed by atoms with Crippen LogP contribution >= 0.6 is 0 Å². The lowest BCUT2D eigenvalue weighted by molar-refractivity contribution is 0.482. The Morgan fingerprint density at radius 3 is 2.00 bits per heavy atom. The minimum atomic E-state index is -4.08. The quantitative estimate of drug-likeness (QED) is 0.415. The van der Waals surface area contributed by atoms with Gasteiger partial charge in [-0.05, 0) is 51.8 Å². The maximum atomic E-state index is 10.9. The van der Waals surface area contributed by atoms with Crippen molar-refractivity contribution in [3.05, 3.63) is 51.9 Å². The van der Waals surface area contributed by atoms with E-state index in [1.54, 1.807) is 26.0 Å². The first-order chi connectivity index (χ1) is 10.5. The molecule has 7 nitrogen and oxygen atoms in total. The maximum Gasteiger partial charge on any atom is 0.295 e. The fraction of sp³-hybridized carbons (Fsp3) is 0.333. The Morgan fingerprint density at radius 1 is 1.09 bits per heavy atom. The average Bonchev–Trinajstić information content (AvgIpc) is 2.35. The van der Waals surface area contributed by atoms with Crippen LogP contribution in [0.4, 0.5) is 0 Å². The molecule has 1 aromatic heterocycles. The molecule has 1 aromatic carbocycles. The zero-order valence-corrected chi connectivity index (χ0v) is 14.7. The van der Waals surface area contributed by atoms with Crippen LogP contribution in [0, 0.1) is 34.6 Å². The summed E-state index contributed by atoms with van der Waals surface area (Å²) in [4.78, 5) is 6.93. The molecule has 2 rings (SSSR count). The van der Waals surface area contributed by atoms with E-state index in [0.29, 0.717) is 16.7 Å². The van der Waals surface area contributed by atoms with Crippen LogP contribution < -0.4 is 11.5 Å². The van der Waals surface area contributed by atoms with Gasteiger partial charge in [0.15, 0.2) is 0 Å². The molecule has 1 heterocycles.